The Labute approximate surface area is 117 Å². The van der Waals surface area contributed by atoms with Crippen LogP contribution in [-0.4, -0.2) is 49.7 Å². The summed E-state index contributed by atoms with van der Waals surface area (Å²) in [6, 6.07) is 1.69. The monoisotopic (exact) mass is 281 g/mol. The number of carbonyl (C=O) groups is 2. The fourth-order valence-electron chi connectivity index (χ4n) is 2.27. The molecule has 1 atom stereocenters. The number of aryl methyl sites for hydroxylation is 1. The summed E-state index contributed by atoms with van der Waals surface area (Å²) in [7, 11) is 1.34. The highest BCUT2D eigenvalue weighted by molar-refractivity contribution is 5.95. The number of carbonyl (C=O) groups excluding carboxylic acids is 2. The summed E-state index contributed by atoms with van der Waals surface area (Å²) >= 11 is 0. The first kappa shape index (κ1) is 14.6. The molecular formula is C14H19NO5. The number of ether oxygens (including phenoxy) is 2. The van der Waals surface area contributed by atoms with Crippen molar-refractivity contribution in [2.24, 2.45) is 0 Å². The molecule has 1 unspecified atom stereocenters. The molecule has 0 saturated carbocycles. The molecule has 0 bridgehead atoms. The molecule has 1 saturated heterocycles. The van der Waals surface area contributed by atoms with Crippen molar-refractivity contribution in [3.63, 3.8) is 0 Å². The Morgan fingerprint density at radius 2 is 2.30 bits per heavy atom. The van der Waals surface area contributed by atoms with Gasteiger partial charge in [-0.05, 0) is 6.07 Å². The van der Waals surface area contributed by atoms with Crippen molar-refractivity contribution in [3.8, 4) is 0 Å². The van der Waals surface area contributed by atoms with E-state index in [1.807, 2.05) is 6.92 Å². The minimum atomic E-state index is -0.332. The van der Waals surface area contributed by atoms with E-state index >= 15 is 0 Å². The summed E-state index contributed by atoms with van der Waals surface area (Å²) in [5, 5.41) is 0. The van der Waals surface area contributed by atoms with Crippen molar-refractivity contribution in [2.45, 2.75) is 25.9 Å². The predicted molar refractivity (Wildman–Crippen MR) is 70.4 cm³/mol. The first-order chi connectivity index (χ1) is 9.65. The van der Waals surface area contributed by atoms with Gasteiger partial charge in [-0.3, -0.25) is 9.59 Å². The van der Waals surface area contributed by atoms with Gasteiger partial charge in [0.15, 0.2) is 0 Å². The van der Waals surface area contributed by atoms with E-state index in [-0.39, 0.29) is 24.4 Å². The standard InChI is InChI=1S/C14H19NO5/c1-3-12-11(4-6-20-12)14(17)15-5-7-19-10(9-15)8-13(16)18-2/h4,6,10H,3,5,7-9H2,1-2H3. The molecule has 1 aromatic heterocycles. The second-order valence-electron chi connectivity index (χ2n) is 4.64. The molecule has 1 amide bonds. The number of hydrogen-bond donors (Lipinski definition) is 0. The normalized spacial score (nSPS) is 18.9. The molecule has 6 nitrogen and oxygen atoms in total. The minimum absolute atomic E-state index is 0.0752. The molecule has 1 aromatic rings. The van der Waals surface area contributed by atoms with Gasteiger partial charge in [-0.2, -0.15) is 0 Å². The van der Waals surface area contributed by atoms with Crippen LogP contribution in [0.25, 0.3) is 0 Å². The molecule has 1 fully saturated rings. The number of amides is 1. The molecule has 2 heterocycles. The van der Waals surface area contributed by atoms with E-state index in [2.05, 4.69) is 4.74 Å². The van der Waals surface area contributed by atoms with Crippen LogP contribution >= 0.6 is 0 Å². The molecule has 2 rings (SSSR count). The second-order valence-corrected chi connectivity index (χ2v) is 4.64. The van der Waals surface area contributed by atoms with Crippen LogP contribution in [0.5, 0.6) is 0 Å². The van der Waals surface area contributed by atoms with Crippen molar-refractivity contribution < 1.29 is 23.5 Å². The lowest BCUT2D eigenvalue weighted by Gasteiger charge is -2.32. The highest BCUT2D eigenvalue weighted by Gasteiger charge is 2.28. The zero-order valence-electron chi connectivity index (χ0n) is 11.8. The lowest BCUT2D eigenvalue weighted by atomic mass is 10.1. The van der Waals surface area contributed by atoms with Crippen molar-refractivity contribution in [2.75, 3.05) is 26.8 Å². The minimum Gasteiger partial charge on any atom is -0.469 e. The first-order valence-electron chi connectivity index (χ1n) is 6.69. The van der Waals surface area contributed by atoms with E-state index in [0.717, 1.165) is 0 Å². The molecule has 6 heteroatoms. The van der Waals surface area contributed by atoms with Crippen molar-refractivity contribution in [1.82, 2.24) is 4.90 Å². The lowest BCUT2D eigenvalue weighted by Crippen LogP contribution is -2.46. The Hall–Kier alpha value is -1.82. The van der Waals surface area contributed by atoms with Gasteiger partial charge in [0.05, 0.1) is 38.1 Å². The van der Waals surface area contributed by atoms with Crippen molar-refractivity contribution in [1.29, 1.82) is 0 Å². The molecular weight excluding hydrogens is 262 g/mol. The van der Waals surface area contributed by atoms with Crippen molar-refractivity contribution >= 4 is 11.9 Å². The Balaban J connectivity index is 2.01. The summed E-state index contributed by atoms with van der Waals surface area (Å²) in [5.74, 6) is 0.279. The summed E-state index contributed by atoms with van der Waals surface area (Å²) in [4.78, 5) is 25.4. The third kappa shape index (κ3) is 3.19. The molecule has 110 valence electrons. The number of rotatable bonds is 4. The molecule has 20 heavy (non-hydrogen) atoms. The fraction of sp³-hybridized carbons (Fsp3) is 0.571. The van der Waals surface area contributed by atoms with Gasteiger partial charge >= 0.3 is 5.97 Å². The Morgan fingerprint density at radius 3 is 3.00 bits per heavy atom. The number of esters is 1. The number of nitrogens with zero attached hydrogens (tertiary/aromatic N) is 1. The smallest absolute Gasteiger partial charge is 0.308 e. The van der Waals surface area contributed by atoms with E-state index in [0.29, 0.717) is 37.4 Å². The quantitative estimate of drug-likeness (QED) is 0.777. The third-order valence-electron chi connectivity index (χ3n) is 3.34. The summed E-state index contributed by atoms with van der Waals surface area (Å²) < 4.78 is 15.4. The molecule has 1 aliphatic rings. The van der Waals surface area contributed by atoms with E-state index in [1.54, 1.807) is 11.0 Å². The number of hydrogen-bond acceptors (Lipinski definition) is 5. The SMILES string of the molecule is CCc1occc1C(=O)N1CCOC(CC(=O)OC)C1. The van der Waals surface area contributed by atoms with Gasteiger partial charge in [-0.1, -0.05) is 6.92 Å². The zero-order chi connectivity index (χ0) is 14.5. The van der Waals surface area contributed by atoms with Gasteiger partial charge in [-0.25, -0.2) is 0 Å². The van der Waals surface area contributed by atoms with Crippen LogP contribution in [0.1, 0.15) is 29.5 Å². The van der Waals surface area contributed by atoms with Crippen LogP contribution in [0.4, 0.5) is 0 Å². The molecule has 0 aromatic carbocycles. The first-order valence-corrected chi connectivity index (χ1v) is 6.69. The highest BCUT2D eigenvalue weighted by Crippen LogP contribution is 2.17. The van der Waals surface area contributed by atoms with Gasteiger partial charge < -0.3 is 18.8 Å². The predicted octanol–water partition coefficient (Wildman–Crippen LogP) is 1.25. The molecule has 0 radical (unpaired) electrons. The Morgan fingerprint density at radius 1 is 1.50 bits per heavy atom. The zero-order valence-corrected chi connectivity index (χ0v) is 11.8. The average molecular weight is 281 g/mol. The molecule has 0 N–H and O–H groups in total. The average Bonchev–Trinajstić information content (AvgIpc) is 2.95. The highest BCUT2D eigenvalue weighted by atomic mass is 16.5. The number of methoxy groups -OCH3 is 1. The van der Waals surface area contributed by atoms with Crippen molar-refractivity contribution in [3.05, 3.63) is 23.7 Å². The topological polar surface area (TPSA) is 69.0 Å². The fourth-order valence-corrected chi connectivity index (χ4v) is 2.27. The van der Waals surface area contributed by atoms with Crippen LogP contribution in [0.15, 0.2) is 16.7 Å². The maximum absolute atomic E-state index is 12.4. The summed E-state index contributed by atoms with van der Waals surface area (Å²) in [6.45, 7) is 3.27. The van der Waals surface area contributed by atoms with Crippen LogP contribution in [0.2, 0.25) is 0 Å². The van der Waals surface area contributed by atoms with E-state index < -0.39 is 0 Å². The summed E-state index contributed by atoms with van der Waals surface area (Å²) in [5.41, 5.74) is 0.589. The lowest BCUT2D eigenvalue weighted by molar-refractivity contribution is -0.145. The number of morpholine rings is 1. The van der Waals surface area contributed by atoms with Gasteiger partial charge in [0.1, 0.15) is 5.76 Å². The van der Waals surface area contributed by atoms with Gasteiger partial charge in [-0.15, -0.1) is 0 Å². The maximum atomic E-state index is 12.4. The van der Waals surface area contributed by atoms with Gasteiger partial charge in [0.25, 0.3) is 5.91 Å². The largest absolute Gasteiger partial charge is 0.469 e. The maximum Gasteiger partial charge on any atom is 0.308 e. The van der Waals surface area contributed by atoms with Crippen LogP contribution in [0, 0.1) is 0 Å². The van der Waals surface area contributed by atoms with Gasteiger partial charge in [0.2, 0.25) is 0 Å². The Kier molecular flexibility index (Phi) is 4.79. The van der Waals surface area contributed by atoms with E-state index in [9.17, 15) is 9.59 Å². The van der Waals surface area contributed by atoms with Crippen LogP contribution in [0.3, 0.4) is 0 Å². The summed E-state index contributed by atoms with van der Waals surface area (Å²) in [6.07, 6.45) is 2.05. The second kappa shape index (κ2) is 6.56. The molecule has 0 aliphatic carbocycles. The molecule has 0 spiro atoms. The molecule has 1 aliphatic heterocycles. The van der Waals surface area contributed by atoms with Crippen LogP contribution in [-0.2, 0) is 20.7 Å². The van der Waals surface area contributed by atoms with E-state index in [4.69, 9.17) is 9.15 Å². The van der Waals surface area contributed by atoms with Gasteiger partial charge in [0, 0.05) is 19.5 Å². The third-order valence-corrected chi connectivity index (χ3v) is 3.34. The van der Waals surface area contributed by atoms with Crippen LogP contribution < -0.4 is 0 Å². The Bertz CT molecular complexity index is 482. The van der Waals surface area contributed by atoms with E-state index in [1.165, 1.54) is 13.4 Å². The number of furan rings is 1.